The molecule has 0 N–H and O–H groups in total. The summed E-state index contributed by atoms with van der Waals surface area (Å²) in [5.41, 5.74) is 1.23. The van der Waals surface area contributed by atoms with E-state index in [1.807, 2.05) is 36.4 Å². The Bertz CT molecular complexity index is 529. The molecular weight excluding hydrogens is 303 g/mol. The number of benzene rings is 1. The molecule has 2 aromatic rings. The van der Waals surface area contributed by atoms with Gasteiger partial charge >= 0.3 is 5.63 Å². The summed E-state index contributed by atoms with van der Waals surface area (Å²) < 4.78 is 6.09. The Kier molecular flexibility index (Phi) is 2.90. The third-order valence-electron chi connectivity index (χ3n) is 2.16. The first kappa shape index (κ1) is 10.4. The highest BCUT2D eigenvalue weighted by Gasteiger charge is 2.07. The van der Waals surface area contributed by atoms with Crippen molar-refractivity contribution in [1.82, 2.24) is 0 Å². The van der Waals surface area contributed by atoms with Gasteiger partial charge in [0.15, 0.2) is 0 Å². The second-order valence-electron chi connectivity index (χ2n) is 3.22. The van der Waals surface area contributed by atoms with Crippen LogP contribution in [0, 0.1) is 10.5 Å². The fraction of sp³-hybridized carbons (Fsp3) is 0.0833. The van der Waals surface area contributed by atoms with Crippen LogP contribution in [0.1, 0.15) is 5.76 Å². The van der Waals surface area contributed by atoms with Crippen LogP contribution in [-0.2, 0) is 0 Å². The summed E-state index contributed by atoms with van der Waals surface area (Å²) in [6, 6.07) is 11.4. The molecule has 0 fully saturated rings. The van der Waals surface area contributed by atoms with Crippen molar-refractivity contribution >= 4 is 22.6 Å². The average molecular weight is 312 g/mol. The maximum atomic E-state index is 11.6. The van der Waals surface area contributed by atoms with E-state index in [9.17, 15) is 4.79 Å². The lowest BCUT2D eigenvalue weighted by molar-refractivity contribution is 0.478. The van der Waals surface area contributed by atoms with E-state index in [0.717, 1.165) is 9.13 Å². The zero-order valence-corrected chi connectivity index (χ0v) is 10.3. The predicted octanol–water partition coefficient (Wildman–Crippen LogP) is 3.22. The van der Waals surface area contributed by atoms with Crippen molar-refractivity contribution in [2.75, 3.05) is 0 Å². The summed E-state index contributed by atoms with van der Waals surface area (Å²) in [5.74, 6) is 0.667. The quantitative estimate of drug-likeness (QED) is 0.757. The highest BCUT2D eigenvalue weighted by atomic mass is 127. The van der Waals surface area contributed by atoms with Gasteiger partial charge in [-0.1, -0.05) is 30.3 Å². The summed E-state index contributed by atoms with van der Waals surface area (Å²) in [7, 11) is 0. The van der Waals surface area contributed by atoms with Gasteiger partial charge in [0, 0.05) is 0 Å². The van der Waals surface area contributed by atoms with Crippen molar-refractivity contribution in [2.45, 2.75) is 6.92 Å². The van der Waals surface area contributed by atoms with Gasteiger partial charge in [0.2, 0.25) is 0 Å². The van der Waals surface area contributed by atoms with Crippen LogP contribution < -0.4 is 5.63 Å². The summed E-state index contributed by atoms with van der Waals surface area (Å²) in [6.45, 7) is 1.79. The van der Waals surface area contributed by atoms with Gasteiger partial charge in [-0.15, -0.1) is 0 Å². The topological polar surface area (TPSA) is 30.2 Å². The van der Waals surface area contributed by atoms with E-state index in [1.165, 1.54) is 0 Å². The van der Waals surface area contributed by atoms with E-state index >= 15 is 0 Å². The van der Waals surface area contributed by atoms with Gasteiger partial charge < -0.3 is 4.42 Å². The standard InChI is InChI=1S/C12H9IO2/c1-8-11(13)7-10(12(14)15-8)9-5-3-2-4-6-9/h2-7H,1H3. The van der Waals surface area contributed by atoms with Gasteiger partial charge in [0.25, 0.3) is 0 Å². The summed E-state index contributed by atoms with van der Waals surface area (Å²) in [6.07, 6.45) is 0. The van der Waals surface area contributed by atoms with Crippen LogP contribution in [0.3, 0.4) is 0 Å². The van der Waals surface area contributed by atoms with Crippen LogP contribution in [0.5, 0.6) is 0 Å². The van der Waals surface area contributed by atoms with E-state index < -0.39 is 0 Å². The van der Waals surface area contributed by atoms with Crippen LogP contribution in [0.25, 0.3) is 11.1 Å². The normalized spacial score (nSPS) is 10.3. The highest BCUT2D eigenvalue weighted by molar-refractivity contribution is 14.1. The van der Waals surface area contributed by atoms with Crippen molar-refractivity contribution < 1.29 is 4.42 Å². The van der Waals surface area contributed by atoms with Gasteiger partial charge in [-0.25, -0.2) is 4.79 Å². The molecule has 0 aliphatic carbocycles. The first-order valence-corrected chi connectivity index (χ1v) is 5.62. The minimum atomic E-state index is -0.279. The zero-order chi connectivity index (χ0) is 10.8. The molecule has 0 spiro atoms. The molecule has 15 heavy (non-hydrogen) atoms. The molecule has 0 atom stereocenters. The maximum Gasteiger partial charge on any atom is 0.343 e. The molecule has 2 rings (SSSR count). The lowest BCUT2D eigenvalue weighted by Crippen LogP contribution is -2.04. The Labute approximate surface area is 101 Å². The fourth-order valence-electron chi connectivity index (χ4n) is 1.35. The zero-order valence-electron chi connectivity index (χ0n) is 8.16. The Morgan fingerprint density at radius 1 is 1.20 bits per heavy atom. The number of halogens is 1. The molecule has 0 bridgehead atoms. The van der Waals surface area contributed by atoms with Crippen molar-refractivity contribution in [3.63, 3.8) is 0 Å². The van der Waals surface area contributed by atoms with Crippen LogP contribution >= 0.6 is 22.6 Å². The van der Waals surface area contributed by atoms with Gasteiger partial charge in [-0.3, -0.25) is 0 Å². The molecule has 0 aliphatic rings. The van der Waals surface area contributed by atoms with Gasteiger partial charge in [-0.05, 0) is 41.1 Å². The van der Waals surface area contributed by atoms with E-state index in [-0.39, 0.29) is 5.63 Å². The smallest absolute Gasteiger partial charge is 0.343 e. The number of hydrogen-bond acceptors (Lipinski definition) is 2. The number of hydrogen-bond donors (Lipinski definition) is 0. The monoisotopic (exact) mass is 312 g/mol. The molecule has 1 aromatic heterocycles. The molecule has 0 unspecified atom stereocenters. The van der Waals surface area contributed by atoms with Gasteiger partial charge in [0.1, 0.15) is 5.76 Å². The van der Waals surface area contributed by atoms with Gasteiger partial charge in [0.05, 0.1) is 9.13 Å². The second-order valence-corrected chi connectivity index (χ2v) is 4.38. The summed E-state index contributed by atoms with van der Waals surface area (Å²) in [5, 5.41) is 0. The Morgan fingerprint density at radius 3 is 2.53 bits per heavy atom. The van der Waals surface area contributed by atoms with Crippen molar-refractivity contribution in [3.8, 4) is 11.1 Å². The molecule has 1 heterocycles. The Balaban J connectivity index is 2.65. The third kappa shape index (κ3) is 2.12. The molecule has 0 aliphatic heterocycles. The molecular formula is C12H9IO2. The first-order valence-electron chi connectivity index (χ1n) is 4.54. The van der Waals surface area contributed by atoms with E-state index in [2.05, 4.69) is 22.6 Å². The molecule has 0 saturated carbocycles. The summed E-state index contributed by atoms with van der Waals surface area (Å²) in [4.78, 5) is 11.6. The fourth-order valence-corrected chi connectivity index (χ4v) is 1.77. The molecule has 3 heteroatoms. The van der Waals surface area contributed by atoms with E-state index in [0.29, 0.717) is 11.3 Å². The first-order chi connectivity index (χ1) is 7.18. The van der Waals surface area contributed by atoms with Gasteiger partial charge in [-0.2, -0.15) is 0 Å². The average Bonchev–Trinajstić information content (AvgIpc) is 2.25. The van der Waals surface area contributed by atoms with Crippen molar-refractivity contribution in [2.24, 2.45) is 0 Å². The minimum absolute atomic E-state index is 0.279. The summed E-state index contributed by atoms with van der Waals surface area (Å²) >= 11 is 2.16. The molecule has 0 radical (unpaired) electrons. The number of rotatable bonds is 1. The Morgan fingerprint density at radius 2 is 1.87 bits per heavy atom. The molecule has 0 saturated heterocycles. The van der Waals surface area contributed by atoms with Crippen LogP contribution in [0.2, 0.25) is 0 Å². The van der Waals surface area contributed by atoms with E-state index in [1.54, 1.807) is 6.92 Å². The lowest BCUT2D eigenvalue weighted by atomic mass is 10.1. The highest BCUT2D eigenvalue weighted by Crippen LogP contribution is 2.19. The van der Waals surface area contributed by atoms with Crippen LogP contribution in [0.4, 0.5) is 0 Å². The molecule has 1 aromatic carbocycles. The maximum absolute atomic E-state index is 11.6. The Hall–Kier alpha value is -1.10. The molecule has 2 nitrogen and oxygen atoms in total. The lowest BCUT2D eigenvalue weighted by Gasteiger charge is -2.01. The predicted molar refractivity (Wildman–Crippen MR) is 67.9 cm³/mol. The van der Waals surface area contributed by atoms with Crippen molar-refractivity contribution in [3.05, 3.63) is 56.1 Å². The third-order valence-corrected chi connectivity index (χ3v) is 3.23. The van der Waals surface area contributed by atoms with Crippen LogP contribution in [0.15, 0.2) is 45.6 Å². The van der Waals surface area contributed by atoms with E-state index in [4.69, 9.17) is 4.42 Å². The minimum Gasteiger partial charge on any atom is -0.427 e. The largest absolute Gasteiger partial charge is 0.427 e. The van der Waals surface area contributed by atoms with Crippen LogP contribution in [-0.4, -0.2) is 0 Å². The molecule has 0 amide bonds. The second kappa shape index (κ2) is 4.18. The SMILES string of the molecule is Cc1oc(=O)c(-c2ccccc2)cc1I. The molecule has 76 valence electrons. The van der Waals surface area contributed by atoms with Crippen molar-refractivity contribution in [1.29, 1.82) is 0 Å². The number of aryl methyl sites for hydroxylation is 1.